The van der Waals surface area contributed by atoms with Gasteiger partial charge in [-0.3, -0.25) is 9.48 Å². The summed E-state index contributed by atoms with van der Waals surface area (Å²) in [6.07, 6.45) is 2.22. The molecule has 2 aromatic carbocycles. The van der Waals surface area contributed by atoms with Crippen LogP contribution in [0, 0.1) is 0 Å². The van der Waals surface area contributed by atoms with E-state index in [-0.39, 0.29) is 17.3 Å². The van der Waals surface area contributed by atoms with Gasteiger partial charge >= 0.3 is 0 Å². The van der Waals surface area contributed by atoms with Crippen LogP contribution in [0.25, 0.3) is 0 Å². The quantitative estimate of drug-likeness (QED) is 0.646. The molecule has 0 atom stereocenters. The number of hydrogen-bond acceptors (Lipinski definition) is 4. The molecule has 3 aromatic rings. The molecule has 3 rings (SSSR count). The monoisotopic (exact) mass is 412 g/mol. The molecule has 0 spiro atoms. The molecule has 0 aliphatic rings. The topological polar surface area (TPSA) is 84.3 Å². The van der Waals surface area contributed by atoms with Crippen LogP contribution in [-0.4, -0.2) is 35.5 Å². The molecule has 8 heteroatoms. The van der Waals surface area contributed by atoms with Gasteiger partial charge in [0.15, 0.2) is 0 Å². The van der Waals surface area contributed by atoms with Crippen LogP contribution in [0.4, 0.5) is 5.69 Å². The van der Waals surface area contributed by atoms with E-state index in [1.54, 1.807) is 30.9 Å². The SMILES string of the molecule is CCc1c(C(=O)Nc2ccc(S(=O)(=O)N(C)Cc3ccccc3)cc2)cnn1C. The highest BCUT2D eigenvalue weighted by molar-refractivity contribution is 7.89. The minimum Gasteiger partial charge on any atom is -0.322 e. The van der Waals surface area contributed by atoms with Crippen molar-refractivity contribution in [1.29, 1.82) is 0 Å². The third-order valence-corrected chi connectivity index (χ3v) is 6.53. The Labute approximate surface area is 171 Å². The van der Waals surface area contributed by atoms with Gasteiger partial charge in [-0.15, -0.1) is 0 Å². The zero-order chi connectivity index (χ0) is 21.0. The number of amides is 1. The lowest BCUT2D eigenvalue weighted by molar-refractivity contribution is 0.102. The summed E-state index contributed by atoms with van der Waals surface area (Å²) in [5, 5.41) is 6.91. The highest BCUT2D eigenvalue weighted by atomic mass is 32.2. The van der Waals surface area contributed by atoms with E-state index in [1.807, 2.05) is 37.3 Å². The lowest BCUT2D eigenvalue weighted by Crippen LogP contribution is -2.26. The molecular formula is C21H24N4O3S. The lowest BCUT2D eigenvalue weighted by atomic mass is 10.2. The van der Waals surface area contributed by atoms with E-state index in [1.165, 1.54) is 22.6 Å². The summed E-state index contributed by atoms with van der Waals surface area (Å²) in [6.45, 7) is 2.24. The summed E-state index contributed by atoms with van der Waals surface area (Å²) < 4.78 is 28.6. The third-order valence-electron chi connectivity index (χ3n) is 4.71. The molecule has 1 heterocycles. The van der Waals surface area contributed by atoms with E-state index in [2.05, 4.69) is 10.4 Å². The Hall–Kier alpha value is -2.97. The smallest absolute Gasteiger partial charge is 0.259 e. The average Bonchev–Trinajstić information content (AvgIpc) is 3.09. The highest BCUT2D eigenvalue weighted by Gasteiger charge is 2.21. The minimum absolute atomic E-state index is 0.171. The van der Waals surface area contributed by atoms with Crippen molar-refractivity contribution in [2.24, 2.45) is 7.05 Å². The number of sulfonamides is 1. The number of anilines is 1. The fraction of sp³-hybridized carbons (Fsp3) is 0.238. The van der Waals surface area contributed by atoms with Gasteiger partial charge in [-0.25, -0.2) is 8.42 Å². The van der Waals surface area contributed by atoms with Crippen molar-refractivity contribution >= 4 is 21.6 Å². The zero-order valence-corrected chi connectivity index (χ0v) is 17.5. The molecule has 1 N–H and O–H groups in total. The third kappa shape index (κ3) is 4.55. The Morgan fingerprint density at radius 2 is 1.76 bits per heavy atom. The summed E-state index contributed by atoms with van der Waals surface area (Å²) in [6, 6.07) is 15.6. The first-order chi connectivity index (χ1) is 13.8. The fourth-order valence-electron chi connectivity index (χ4n) is 3.09. The van der Waals surface area contributed by atoms with Gasteiger partial charge in [0.1, 0.15) is 0 Å². The molecule has 1 aromatic heterocycles. The van der Waals surface area contributed by atoms with Crippen LogP contribution >= 0.6 is 0 Å². The van der Waals surface area contributed by atoms with Crippen LogP contribution in [0.2, 0.25) is 0 Å². The van der Waals surface area contributed by atoms with Crippen molar-refractivity contribution in [3.8, 4) is 0 Å². The normalized spacial score (nSPS) is 11.6. The number of rotatable bonds is 7. The number of benzene rings is 2. The van der Waals surface area contributed by atoms with Gasteiger partial charge in [0.2, 0.25) is 10.0 Å². The number of carbonyl (C=O) groups excluding carboxylic acids is 1. The largest absolute Gasteiger partial charge is 0.322 e. The van der Waals surface area contributed by atoms with Crippen LogP contribution in [0.15, 0.2) is 65.7 Å². The predicted octanol–water partition coefficient (Wildman–Crippen LogP) is 3.06. The molecule has 0 aliphatic carbocycles. The molecular weight excluding hydrogens is 388 g/mol. The molecule has 7 nitrogen and oxygen atoms in total. The molecule has 152 valence electrons. The van der Waals surface area contributed by atoms with Gasteiger partial charge in [0.25, 0.3) is 5.91 Å². The van der Waals surface area contributed by atoms with Gasteiger partial charge in [0.05, 0.1) is 22.3 Å². The molecule has 0 bridgehead atoms. The van der Waals surface area contributed by atoms with E-state index in [0.717, 1.165) is 11.3 Å². The van der Waals surface area contributed by atoms with Crippen LogP contribution in [0.5, 0.6) is 0 Å². The lowest BCUT2D eigenvalue weighted by Gasteiger charge is -2.17. The summed E-state index contributed by atoms with van der Waals surface area (Å²) in [4.78, 5) is 12.7. The van der Waals surface area contributed by atoms with Crippen molar-refractivity contribution in [2.45, 2.75) is 24.8 Å². The van der Waals surface area contributed by atoms with Gasteiger partial charge in [-0.2, -0.15) is 9.40 Å². The number of hydrogen-bond donors (Lipinski definition) is 1. The molecule has 29 heavy (non-hydrogen) atoms. The van der Waals surface area contributed by atoms with Gasteiger partial charge in [-0.05, 0) is 36.2 Å². The van der Waals surface area contributed by atoms with Crippen LogP contribution in [-0.2, 0) is 30.0 Å². The number of aromatic nitrogens is 2. The molecule has 0 unspecified atom stereocenters. The van der Waals surface area contributed by atoms with Crippen molar-refractivity contribution in [1.82, 2.24) is 14.1 Å². The number of carbonyl (C=O) groups is 1. The number of nitrogens with one attached hydrogen (secondary N) is 1. The predicted molar refractivity (Wildman–Crippen MR) is 112 cm³/mol. The van der Waals surface area contributed by atoms with Gasteiger partial charge < -0.3 is 5.32 Å². The second-order valence-electron chi connectivity index (χ2n) is 6.71. The molecule has 0 saturated heterocycles. The second kappa shape index (κ2) is 8.59. The molecule has 1 amide bonds. The van der Waals surface area contributed by atoms with Crippen LogP contribution < -0.4 is 5.32 Å². The Morgan fingerprint density at radius 3 is 2.38 bits per heavy atom. The average molecular weight is 413 g/mol. The number of nitrogens with zero attached hydrogens (tertiary/aromatic N) is 3. The fourth-order valence-corrected chi connectivity index (χ4v) is 4.24. The summed E-state index contributed by atoms with van der Waals surface area (Å²) >= 11 is 0. The Kier molecular flexibility index (Phi) is 6.14. The zero-order valence-electron chi connectivity index (χ0n) is 16.7. The van der Waals surface area contributed by atoms with E-state index >= 15 is 0 Å². The molecule has 0 fully saturated rings. The first-order valence-corrected chi connectivity index (χ1v) is 10.7. The standard InChI is InChI=1S/C21H24N4O3S/c1-4-20-19(14-22-25(20)3)21(26)23-17-10-12-18(13-11-17)29(27,28)24(2)15-16-8-6-5-7-9-16/h5-14H,4,15H2,1-3H3,(H,23,26). The number of aryl methyl sites for hydroxylation is 1. The Balaban J connectivity index is 1.72. The first-order valence-electron chi connectivity index (χ1n) is 9.25. The van der Waals surface area contributed by atoms with Crippen molar-refractivity contribution < 1.29 is 13.2 Å². The summed E-state index contributed by atoms with van der Waals surface area (Å²) in [5.41, 5.74) is 2.77. The van der Waals surface area contributed by atoms with Crippen molar-refractivity contribution in [3.63, 3.8) is 0 Å². The Bertz CT molecular complexity index is 1090. The second-order valence-corrected chi connectivity index (χ2v) is 8.75. The summed E-state index contributed by atoms with van der Waals surface area (Å²) in [5.74, 6) is -0.272. The molecule has 0 aliphatic heterocycles. The van der Waals surface area contributed by atoms with Crippen LogP contribution in [0.1, 0.15) is 28.5 Å². The van der Waals surface area contributed by atoms with E-state index in [0.29, 0.717) is 17.7 Å². The van der Waals surface area contributed by atoms with Crippen molar-refractivity contribution in [3.05, 3.63) is 77.6 Å². The van der Waals surface area contributed by atoms with E-state index < -0.39 is 10.0 Å². The highest BCUT2D eigenvalue weighted by Crippen LogP contribution is 2.20. The first kappa shape index (κ1) is 20.8. The van der Waals surface area contributed by atoms with E-state index in [4.69, 9.17) is 0 Å². The maximum atomic E-state index is 12.8. The molecule has 0 saturated carbocycles. The van der Waals surface area contributed by atoms with E-state index in [9.17, 15) is 13.2 Å². The summed E-state index contributed by atoms with van der Waals surface area (Å²) in [7, 11) is -0.293. The maximum absolute atomic E-state index is 12.8. The Morgan fingerprint density at radius 1 is 1.10 bits per heavy atom. The maximum Gasteiger partial charge on any atom is 0.259 e. The minimum atomic E-state index is -3.63. The van der Waals surface area contributed by atoms with Gasteiger partial charge in [-0.1, -0.05) is 37.3 Å². The van der Waals surface area contributed by atoms with Crippen LogP contribution in [0.3, 0.4) is 0 Å². The molecule has 0 radical (unpaired) electrons. The van der Waals surface area contributed by atoms with Crippen molar-refractivity contribution in [2.75, 3.05) is 12.4 Å². The van der Waals surface area contributed by atoms with Gasteiger partial charge in [0, 0.05) is 26.3 Å².